The molecule has 0 aliphatic heterocycles. The number of benzene rings is 2. The predicted octanol–water partition coefficient (Wildman–Crippen LogP) is 4.53. The smallest absolute Gasteiger partial charge is 0.306 e. The van der Waals surface area contributed by atoms with Crippen molar-refractivity contribution in [1.82, 2.24) is 0 Å². The first-order chi connectivity index (χ1) is 13.5. The minimum atomic E-state index is -0.861. The molecule has 2 rings (SSSR count). The van der Waals surface area contributed by atoms with Crippen molar-refractivity contribution >= 4 is 23.3 Å². The van der Waals surface area contributed by atoms with Gasteiger partial charge in [-0.05, 0) is 47.7 Å². The van der Waals surface area contributed by atoms with E-state index in [0.717, 1.165) is 11.1 Å². The van der Waals surface area contributed by atoms with Crippen molar-refractivity contribution in [2.45, 2.75) is 39.4 Å². The Morgan fingerprint density at radius 3 is 2.00 bits per heavy atom. The van der Waals surface area contributed by atoms with Crippen molar-refractivity contribution in [3.05, 3.63) is 59.7 Å². The molecule has 0 saturated heterocycles. The van der Waals surface area contributed by atoms with Gasteiger partial charge in [0.25, 0.3) is 0 Å². The molecule has 2 aromatic carbocycles. The SMILES string of the molecule is CC(CCC(=O)OCc1ccc(N=Nc2ccc(CO)cc2)cc1)CC(=O)O. The number of aliphatic hydroxyl groups excluding tert-OH is 1. The second kappa shape index (κ2) is 10.9. The zero-order valence-electron chi connectivity index (χ0n) is 15.7. The number of aliphatic carboxylic acids is 1. The normalized spacial score (nSPS) is 12.1. The van der Waals surface area contributed by atoms with E-state index in [1.54, 1.807) is 43.3 Å². The van der Waals surface area contributed by atoms with Gasteiger partial charge in [0.05, 0.1) is 18.0 Å². The molecular formula is C21H24N2O5. The quantitative estimate of drug-likeness (QED) is 0.462. The Hall–Kier alpha value is -3.06. The number of carboxylic acids is 1. The Morgan fingerprint density at radius 1 is 0.964 bits per heavy atom. The van der Waals surface area contributed by atoms with Crippen LogP contribution >= 0.6 is 0 Å². The summed E-state index contributed by atoms with van der Waals surface area (Å²) < 4.78 is 5.21. The van der Waals surface area contributed by atoms with Gasteiger partial charge in [0.1, 0.15) is 6.61 Å². The van der Waals surface area contributed by atoms with Crippen molar-refractivity contribution in [1.29, 1.82) is 0 Å². The van der Waals surface area contributed by atoms with Crippen molar-refractivity contribution < 1.29 is 24.5 Å². The summed E-state index contributed by atoms with van der Waals surface area (Å²) in [5.74, 6) is -1.26. The van der Waals surface area contributed by atoms with Crippen molar-refractivity contribution in [3.63, 3.8) is 0 Å². The first-order valence-corrected chi connectivity index (χ1v) is 9.04. The zero-order valence-corrected chi connectivity index (χ0v) is 15.7. The maximum Gasteiger partial charge on any atom is 0.306 e. The summed E-state index contributed by atoms with van der Waals surface area (Å²) in [6, 6.07) is 14.3. The third kappa shape index (κ3) is 7.67. The molecule has 0 aliphatic carbocycles. The minimum Gasteiger partial charge on any atom is -0.481 e. The van der Waals surface area contributed by atoms with Crippen LogP contribution in [0.15, 0.2) is 58.8 Å². The highest BCUT2D eigenvalue weighted by molar-refractivity contribution is 5.70. The van der Waals surface area contributed by atoms with Crippen LogP contribution in [0.25, 0.3) is 0 Å². The molecule has 0 heterocycles. The van der Waals surface area contributed by atoms with Crippen LogP contribution in [0.5, 0.6) is 0 Å². The molecule has 0 radical (unpaired) electrons. The third-order valence-electron chi connectivity index (χ3n) is 4.10. The molecule has 148 valence electrons. The number of rotatable bonds is 10. The number of ether oxygens (including phenoxy) is 1. The molecule has 28 heavy (non-hydrogen) atoms. The number of carboxylic acid groups (broad SMARTS) is 1. The Kier molecular flexibility index (Phi) is 8.30. The summed E-state index contributed by atoms with van der Waals surface area (Å²) in [5.41, 5.74) is 3.00. The van der Waals surface area contributed by atoms with Crippen LogP contribution in [0.4, 0.5) is 11.4 Å². The molecule has 7 heteroatoms. The fourth-order valence-electron chi connectivity index (χ4n) is 2.44. The molecule has 0 aromatic heterocycles. The lowest BCUT2D eigenvalue weighted by Crippen LogP contribution is -2.09. The number of nitrogens with zero attached hydrogens (tertiary/aromatic N) is 2. The van der Waals surface area contributed by atoms with Gasteiger partial charge in [-0.15, -0.1) is 0 Å². The monoisotopic (exact) mass is 384 g/mol. The fourth-order valence-corrected chi connectivity index (χ4v) is 2.44. The number of azo groups is 1. The van der Waals surface area contributed by atoms with Gasteiger partial charge < -0.3 is 14.9 Å². The van der Waals surface area contributed by atoms with Gasteiger partial charge in [0.15, 0.2) is 0 Å². The number of hydrogen-bond donors (Lipinski definition) is 2. The van der Waals surface area contributed by atoms with E-state index in [1.807, 2.05) is 12.1 Å². The molecule has 2 N–H and O–H groups in total. The standard InChI is InChI=1S/C21H24N2O5/c1-15(12-20(25)26)2-11-21(27)28-14-17-5-9-19(10-6-17)23-22-18-7-3-16(13-24)4-8-18/h3-10,15,24H,2,11-14H2,1H3,(H,25,26). The van der Waals surface area contributed by atoms with Gasteiger partial charge in [0.2, 0.25) is 0 Å². The Morgan fingerprint density at radius 2 is 1.50 bits per heavy atom. The molecular weight excluding hydrogens is 360 g/mol. The predicted molar refractivity (Wildman–Crippen MR) is 103 cm³/mol. The lowest BCUT2D eigenvalue weighted by molar-refractivity contribution is -0.146. The molecule has 0 amide bonds. The van der Waals surface area contributed by atoms with Crippen LogP contribution in [0.3, 0.4) is 0 Å². The maximum atomic E-state index is 11.8. The van der Waals surface area contributed by atoms with Crippen molar-refractivity contribution in [2.24, 2.45) is 16.1 Å². The van der Waals surface area contributed by atoms with Gasteiger partial charge >= 0.3 is 11.9 Å². The van der Waals surface area contributed by atoms with E-state index in [4.69, 9.17) is 14.9 Å². The first kappa shape index (κ1) is 21.2. The summed E-state index contributed by atoms with van der Waals surface area (Å²) >= 11 is 0. The summed E-state index contributed by atoms with van der Waals surface area (Å²) in [7, 11) is 0. The van der Waals surface area contributed by atoms with Crippen molar-refractivity contribution in [3.8, 4) is 0 Å². The Labute approximate surface area is 163 Å². The van der Waals surface area contributed by atoms with E-state index < -0.39 is 5.97 Å². The molecule has 0 aliphatic rings. The lowest BCUT2D eigenvalue weighted by atomic mass is 10.0. The first-order valence-electron chi connectivity index (χ1n) is 9.04. The van der Waals surface area contributed by atoms with Crippen LogP contribution in [-0.2, 0) is 27.5 Å². The minimum absolute atomic E-state index is 0.00911. The second-order valence-corrected chi connectivity index (χ2v) is 6.59. The molecule has 0 bridgehead atoms. The number of aliphatic hydroxyl groups is 1. The Bertz CT molecular complexity index is 801. The number of hydrogen-bond acceptors (Lipinski definition) is 6. The summed E-state index contributed by atoms with van der Waals surface area (Å²) in [6.07, 6.45) is 0.744. The highest BCUT2D eigenvalue weighted by Crippen LogP contribution is 2.20. The zero-order chi connectivity index (χ0) is 20.4. The van der Waals surface area contributed by atoms with Gasteiger partial charge in [0, 0.05) is 12.8 Å². The van der Waals surface area contributed by atoms with E-state index in [0.29, 0.717) is 17.8 Å². The summed E-state index contributed by atoms with van der Waals surface area (Å²) in [4.78, 5) is 22.4. The molecule has 2 aromatic rings. The van der Waals surface area contributed by atoms with E-state index in [-0.39, 0.29) is 37.9 Å². The largest absolute Gasteiger partial charge is 0.481 e. The van der Waals surface area contributed by atoms with Gasteiger partial charge in [-0.1, -0.05) is 31.2 Å². The molecule has 1 unspecified atom stereocenters. The molecule has 0 saturated carbocycles. The molecule has 0 fully saturated rings. The van der Waals surface area contributed by atoms with E-state index in [9.17, 15) is 9.59 Å². The van der Waals surface area contributed by atoms with Gasteiger partial charge in [-0.25, -0.2) is 0 Å². The second-order valence-electron chi connectivity index (χ2n) is 6.59. The fraction of sp³-hybridized carbons (Fsp3) is 0.333. The van der Waals surface area contributed by atoms with Gasteiger partial charge in [-0.2, -0.15) is 10.2 Å². The number of carbonyl (C=O) groups excluding carboxylic acids is 1. The average molecular weight is 384 g/mol. The topological polar surface area (TPSA) is 109 Å². The van der Waals surface area contributed by atoms with Crippen LogP contribution in [0, 0.1) is 5.92 Å². The third-order valence-corrected chi connectivity index (χ3v) is 4.10. The number of carbonyl (C=O) groups is 2. The summed E-state index contributed by atoms with van der Waals surface area (Å²) in [6.45, 7) is 1.95. The van der Waals surface area contributed by atoms with E-state index in [2.05, 4.69) is 10.2 Å². The maximum absolute atomic E-state index is 11.8. The highest BCUT2D eigenvalue weighted by Gasteiger charge is 2.11. The molecule has 1 atom stereocenters. The summed E-state index contributed by atoms with van der Waals surface area (Å²) in [5, 5.41) is 26.0. The average Bonchev–Trinajstić information content (AvgIpc) is 2.70. The Balaban J connectivity index is 1.78. The van der Waals surface area contributed by atoms with Crippen LogP contribution < -0.4 is 0 Å². The molecule has 7 nitrogen and oxygen atoms in total. The van der Waals surface area contributed by atoms with Gasteiger partial charge in [-0.3, -0.25) is 9.59 Å². The van der Waals surface area contributed by atoms with Crippen LogP contribution in [0.2, 0.25) is 0 Å². The van der Waals surface area contributed by atoms with E-state index >= 15 is 0 Å². The number of esters is 1. The van der Waals surface area contributed by atoms with E-state index in [1.165, 1.54) is 0 Å². The highest BCUT2D eigenvalue weighted by atomic mass is 16.5. The van der Waals surface area contributed by atoms with Crippen LogP contribution in [-0.4, -0.2) is 22.2 Å². The lowest BCUT2D eigenvalue weighted by Gasteiger charge is -2.08. The molecule has 0 spiro atoms. The van der Waals surface area contributed by atoms with Crippen molar-refractivity contribution in [2.75, 3.05) is 0 Å². The van der Waals surface area contributed by atoms with Crippen LogP contribution in [0.1, 0.15) is 37.3 Å².